The molecule has 0 saturated carbocycles. The quantitative estimate of drug-likeness (QED) is 0.475. The third-order valence-electron chi connectivity index (χ3n) is 5.26. The number of rotatable bonds is 6. The number of hydrogen-bond acceptors (Lipinski definition) is 7. The van der Waals surface area contributed by atoms with Gasteiger partial charge in [-0.25, -0.2) is 9.67 Å². The molecule has 9 heteroatoms. The molecule has 0 aliphatic carbocycles. The summed E-state index contributed by atoms with van der Waals surface area (Å²) in [6, 6.07) is 15.6. The second-order valence-corrected chi connectivity index (χ2v) is 8.21. The summed E-state index contributed by atoms with van der Waals surface area (Å²) in [6.45, 7) is 4.72. The van der Waals surface area contributed by atoms with Crippen molar-refractivity contribution in [2.45, 2.75) is 6.54 Å². The van der Waals surface area contributed by atoms with Crippen molar-refractivity contribution in [2.24, 2.45) is 0 Å². The topological polar surface area (TPSA) is 76.4 Å². The highest BCUT2D eigenvalue weighted by molar-refractivity contribution is 7.22. The van der Waals surface area contributed by atoms with E-state index in [0.29, 0.717) is 6.54 Å². The van der Waals surface area contributed by atoms with Crippen molar-refractivity contribution in [1.29, 1.82) is 0 Å². The van der Waals surface area contributed by atoms with Gasteiger partial charge in [-0.2, -0.15) is 0 Å². The number of para-hydroxylation sites is 2. The third kappa shape index (κ3) is 3.91. The molecule has 1 amide bonds. The number of carbonyl (C=O) groups is 1. The molecule has 4 aromatic rings. The largest absolute Gasteiger partial charge is 0.379 e. The Balaban J connectivity index is 1.41. The van der Waals surface area contributed by atoms with Gasteiger partial charge in [0, 0.05) is 26.2 Å². The van der Waals surface area contributed by atoms with Crippen LogP contribution in [0.2, 0.25) is 0 Å². The minimum absolute atomic E-state index is 0.0435. The van der Waals surface area contributed by atoms with Crippen LogP contribution in [0.4, 0.5) is 5.13 Å². The molecule has 3 heterocycles. The van der Waals surface area contributed by atoms with E-state index in [1.807, 2.05) is 48.5 Å². The molecule has 2 aromatic carbocycles. The number of thiazole rings is 1. The average molecular weight is 423 g/mol. The minimum Gasteiger partial charge on any atom is -0.379 e. The van der Waals surface area contributed by atoms with Crippen molar-refractivity contribution in [3.63, 3.8) is 0 Å². The Labute approximate surface area is 177 Å². The maximum atomic E-state index is 13.4. The second-order valence-electron chi connectivity index (χ2n) is 7.20. The number of nitrogens with zero attached hydrogens (tertiary/aromatic N) is 6. The van der Waals surface area contributed by atoms with Crippen LogP contribution in [0.5, 0.6) is 0 Å². The standard InChI is InChI=1S/C21H22N6O2S/c28-20(15-27-18-7-3-1-5-16(18)23-24-27)26(10-9-25-11-13-29-14-12-25)21-22-17-6-2-4-8-19(17)30-21/h1-8H,9-15H2. The van der Waals surface area contributed by atoms with Crippen molar-refractivity contribution < 1.29 is 9.53 Å². The fourth-order valence-electron chi connectivity index (χ4n) is 3.62. The third-order valence-corrected chi connectivity index (χ3v) is 6.32. The highest BCUT2D eigenvalue weighted by atomic mass is 32.1. The fourth-order valence-corrected chi connectivity index (χ4v) is 4.63. The van der Waals surface area contributed by atoms with Crippen LogP contribution in [0.1, 0.15) is 0 Å². The minimum atomic E-state index is -0.0435. The van der Waals surface area contributed by atoms with E-state index in [0.717, 1.165) is 59.2 Å². The summed E-state index contributed by atoms with van der Waals surface area (Å²) in [6.07, 6.45) is 0. The molecule has 0 spiro atoms. The Bertz CT molecular complexity index is 1130. The molecular weight excluding hydrogens is 400 g/mol. The van der Waals surface area contributed by atoms with Crippen molar-refractivity contribution in [3.8, 4) is 0 Å². The molecule has 2 aromatic heterocycles. The number of fused-ring (bicyclic) bond motifs is 2. The van der Waals surface area contributed by atoms with E-state index in [9.17, 15) is 4.79 Å². The molecule has 1 aliphatic heterocycles. The highest BCUT2D eigenvalue weighted by Gasteiger charge is 2.22. The second kappa shape index (κ2) is 8.47. The first-order valence-corrected chi connectivity index (χ1v) is 10.8. The number of morpholine rings is 1. The van der Waals surface area contributed by atoms with E-state index in [4.69, 9.17) is 9.72 Å². The fraction of sp³-hybridized carbons (Fsp3) is 0.333. The van der Waals surface area contributed by atoms with E-state index >= 15 is 0 Å². The SMILES string of the molecule is O=C(Cn1nnc2ccccc21)N(CCN1CCOCC1)c1nc2ccccc2s1. The van der Waals surface area contributed by atoms with Crippen molar-refractivity contribution in [2.75, 3.05) is 44.3 Å². The molecule has 0 radical (unpaired) electrons. The van der Waals surface area contributed by atoms with E-state index in [2.05, 4.69) is 15.2 Å². The molecule has 5 rings (SSSR count). The van der Waals surface area contributed by atoms with Gasteiger partial charge in [-0.3, -0.25) is 14.6 Å². The first-order valence-electron chi connectivity index (χ1n) is 10.0. The van der Waals surface area contributed by atoms with Crippen LogP contribution >= 0.6 is 11.3 Å². The zero-order chi connectivity index (χ0) is 20.3. The number of anilines is 1. The summed E-state index contributed by atoms with van der Waals surface area (Å²) in [5.74, 6) is -0.0435. The summed E-state index contributed by atoms with van der Waals surface area (Å²) in [5, 5.41) is 9.07. The normalized spacial score (nSPS) is 15.1. The predicted octanol–water partition coefficient (Wildman–Crippen LogP) is 2.41. The Morgan fingerprint density at radius 2 is 1.83 bits per heavy atom. The van der Waals surface area contributed by atoms with Gasteiger partial charge in [0.1, 0.15) is 12.1 Å². The van der Waals surface area contributed by atoms with Gasteiger partial charge in [-0.1, -0.05) is 40.8 Å². The summed E-state index contributed by atoms with van der Waals surface area (Å²) >= 11 is 1.54. The molecule has 1 fully saturated rings. The molecular formula is C21H22N6O2S. The number of carbonyl (C=O) groups excluding carboxylic acids is 1. The molecule has 1 aliphatic rings. The molecule has 0 unspecified atom stereocenters. The smallest absolute Gasteiger partial charge is 0.250 e. The Morgan fingerprint density at radius 3 is 2.67 bits per heavy atom. The molecule has 154 valence electrons. The first-order chi connectivity index (χ1) is 14.8. The lowest BCUT2D eigenvalue weighted by molar-refractivity contribution is -0.119. The van der Waals surface area contributed by atoms with Crippen LogP contribution in [0, 0.1) is 0 Å². The highest BCUT2D eigenvalue weighted by Crippen LogP contribution is 2.29. The van der Waals surface area contributed by atoms with Crippen LogP contribution < -0.4 is 4.90 Å². The van der Waals surface area contributed by atoms with E-state index < -0.39 is 0 Å². The van der Waals surface area contributed by atoms with Crippen molar-refractivity contribution >= 4 is 43.6 Å². The lowest BCUT2D eigenvalue weighted by Gasteiger charge is -2.29. The van der Waals surface area contributed by atoms with Gasteiger partial charge in [-0.05, 0) is 24.3 Å². The van der Waals surface area contributed by atoms with Crippen LogP contribution in [0.15, 0.2) is 48.5 Å². The van der Waals surface area contributed by atoms with Crippen LogP contribution in [0.3, 0.4) is 0 Å². The van der Waals surface area contributed by atoms with Crippen molar-refractivity contribution in [3.05, 3.63) is 48.5 Å². The monoisotopic (exact) mass is 422 g/mol. The van der Waals surface area contributed by atoms with E-state index in [1.54, 1.807) is 20.9 Å². The van der Waals surface area contributed by atoms with Crippen LogP contribution in [0.25, 0.3) is 21.3 Å². The Kier molecular flexibility index (Phi) is 5.39. The average Bonchev–Trinajstić information content (AvgIpc) is 3.39. The lowest BCUT2D eigenvalue weighted by Crippen LogP contribution is -2.44. The van der Waals surface area contributed by atoms with Gasteiger partial charge in [0.25, 0.3) is 5.91 Å². The van der Waals surface area contributed by atoms with Gasteiger partial charge in [0.2, 0.25) is 0 Å². The van der Waals surface area contributed by atoms with E-state index in [1.165, 1.54) is 0 Å². The van der Waals surface area contributed by atoms with Crippen LogP contribution in [-0.2, 0) is 16.1 Å². The van der Waals surface area contributed by atoms with Gasteiger partial charge in [0.15, 0.2) is 5.13 Å². The molecule has 1 saturated heterocycles. The zero-order valence-corrected chi connectivity index (χ0v) is 17.3. The zero-order valence-electron chi connectivity index (χ0n) is 16.5. The molecule has 0 atom stereocenters. The number of ether oxygens (including phenoxy) is 1. The predicted molar refractivity (Wildman–Crippen MR) is 117 cm³/mol. The number of benzene rings is 2. The lowest BCUT2D eigenvalue weighted by atomic mass is 10.3. The molecule has 30 heavy (non-hydrogen) atoms. The summed E-state index contributed by atoms with van der Waals surface area (Å²) < 4.78 is 8.17. The Hall–Kier alpha value is -2.88. The summed E-state index contributed by atoms with van der Waals surface area (Å²) in [4.78, 5) is 22.2. The van der Waals surface area contributed by atoms with Crippen LogP contribution in [-0.4, -0.2) is 70.2 Å². The molecule has 0 bridgehead atoms. The Morgan fingerprint density at radius 1 is 1.07 bits per heavy atom. The maximum absolute atomic E-state index is 13.4. The van der Waals surface area contributed by atoms with Gasteiger partial charge in [0.05, 0.1) is 28.9 Å². The van der Waals surface area contributed by atoms with Gasteiger partial charge < -0.3 is 4.74 Å². The first kappa shape index (κ1) is 19.1. The van der Waals surface area contributed by atoms with Gasteiger partial charge in [-0.15, -0.1) is 5.10 Å². The molecule has 8 nitrogen and oxygen atoms in total. The number of aromatic nitrogens is 4. The van der Waals surface area contributed by atoms with E-state index in [-0.39, 0.29) is 12.5 Å². The maximum Gasteiger partial charge on any atom is 0.250 e. The summed E-state index contributed by atoms with van der Waals surface area (Å²) in [5.41, 5.74) is 2.54. The van der Waals surface area contributed by atoms with Gasteiger partial charge >= 0.3 is 0 Å². The number of hydrogen-bond donors (Lipinski definition) is 0. The number of amides is 1. The molecule has 0 N–H and O–H groups in total. The summed E-state index contributed by atoms with van der Waals surface area (Å²) in [7, 11) is 0. The van der Waals surface area contributed by atoms with Crippen molar-refractivity contribution in [1.82, 2.24) is 24.9 Å².